The van der Waals surface area contributed by atoms with Crippen molar-refractivity contribution in [3.05, 3.63) is 76.4 Å². The van der Waals surface area contributed by atoms with E-state index < -0.39 is 0 Å². The van der Waals surface area contributed by atoms with Gasteiger partial charge in [-0.25, -0.2) is 9.97 Å². The second-order valence-corrected chi connectivity index (χ2v) is 10.5. The zero-order valence-electron chi connectivity index (χ0n) is 21.1. The van der Waals surface area contributed by atoms with Crippen molar-refractivity contribution in [3.63, 3.8) is 0 Å². The highest BCUT2D eigenvalue weighted by Crippen LogP contribution is 2.28. The van der Waals surface area contributed by atoms with E-state index in [0.717, 1.165) is 65.7 Å². The van der Waals surface area contributed by atoms with Crippen molar-refractivity contribution in [1.82, 2.24) is 20.2 Å². The summed E-state index contributed by atoms with van der Waals surface area (Å²) in [6, 6.07) is 17.8. The maximum atomic E-state index is 12.5. The molecular formula is C27H33ClN6OS. The molecule has 0 aliphatic carbocycles. The number of nitrogens with one attached hydrogen (secondary N) is 1. The molecule has 0 unspecified atom stereocenters. The number of para-hydroxylation sites is 1. The Morgan fingerprint density at radius 1 is 1.03 bits per heavy atom. The first-order valence-corrected chi connectivity index (χ1v) is 13.5. The number of hydrogen-bond acceptors (Lipinski definition) is 7. The van der Waals surface area contributed by atoms with E-state index in [4.69, 9.17) is 16.6 Å². The van der Waals surface area contributed by atoms with Crippen LogP contribution in [-0.2, 0) is 5.75 Å². The predicted molar refractivity (Wildman–Crippen MR) is 150 cm³/mol. The Bertz CT molecular complexity index is 1180. The van der Waals surface area contributed by atoms with Gasteiger partial charge in [0.05, 0.1) is 10.7 Å². The van der Waals surface area contributed by atoms with Gasteiger partial charge in [-0.15, -0.1) is 0 Å². The summed E-state index contributed by atoms with van der Waals surface area (Å²) in [6.07, 6.45) is 0. The molecule has 1 aliphatic rings. The molecule has 0 atom stereocenters. The number of nitrogens with zero attached hydrogens (tertiary/aromatic N) is 5. The SMILES string of the molecule is Cc1cc(N2CCN(c3ccccc3Cl)CC2)nc(SCc2cccc(C(=O)NCCN(C)C)c2)n1. The second-order valence-electron chi connectivity index (χ2n) is 9.12. The number of halogens is 1. The lowest BCUT2D eigenvalue weighted by molar-refractivity contribution is 0.0951. The molecule has 0 radical (unpaired) electrons. The molecule has 1 N–H and O–H groups in total. The van der Waals surface area contributed by atoms with E-state index in [-0.39, 0.29) is 5.91 Å². The first-order chi connectivity index (χ1) is 17.4. The summed E-state index contributed by atoms with van der Waals surface area (Å²) in [5.74, 6) is 1.61. The van der Waals surface area contributed by atoms with E-state index in [1.54, 1.807) is 11.8 Å². The highest BCUT2D eigenvalue weighted by molar-refractivity contribution is 7.98. The van der Waals surface area contributed by atoms with Crippen LogP contribution in [0.25, 0.3) is 0 Å². The minimum atomic E-state index is -0.0475. The van der Waals surface area contributed by atoms with Crippen LogP contribution in [-0.4, -0.2) is 74.1 Å². The monoisotopic (exact) mass is 524 g/mol. The minimum Gasteiger partial charge on any atom is -0.367 e. The highest BCUT2D eigenvalue weighted by Gasteiger charge is 2.20. The Labute approximate surface area is 222 Å². The van der Waals surface area contributed by atoms with Crippen LogP contribution in [0, 0.1) is 6.92 Å². The normalized spacial score (nSPS) is 13.8. The number of aryl methyl sites for hydroxylation is 1. The molecule has 190 valence electrons. The summed E-state index contributed by atoms with van der Waals surface area (Å²) in [5, 5.41) is 4.51. The zero-order valence-corrected chi connectivity index (χ0v) is 22.6. The van der Waals surface area contributed by atoms with Crippen LogP contribution in [0.5, 0.6) is 0 Å². The van der Waals surface area contributed by atoms with E-state index in [1.165, 1.54) is 0 Å². The van der Waals surface area contributed by atoms with Crippen LogP contribution in [0.4, 0.5) is 11.5 Å². The molecule has 7 nitrogen and oxygen atoms in total. The third kappa shape index (κ3) is 7.12. The van der Waals surface area contributed by atoms with Crippen LogP contribution in [0.3, 0.4) is 0 Å². The van der Waals surface area contributed by atoms with Crippen molar-refractivity contribution in [1.29, 1.82) is 0 Å². The van der Waals surface area contributed by atoms with Crippen LogP contribution in [0.15, 0.2) is 59.8 Å². The number of benzene rings is 2. The minimum absolute atomic E-state index is 0.0475. The lowest BCUT2D eigenvalue weighted by Gasteiger charge is -2.37. The number of piperazine rings is 1. The molecule has 2 aromatic carbocycles. The average Bonchev–Trinajstić information content (AvgIpc) is 2.87. The molecule has 0 saturated carbocycles. The number of carbonyl (C=O) groups excluding carboxylic acids is 1. The van der Waals surface area contributed by atoms with E-state index in [1.807, 2.05) is 74.4 Å². The summed E-state index contributed by atoms with van der Waals surface area (Å²) in [7, 11) is 3.98. The fraction of sp³-hybridized carbons (Fsp3) is 0.370. The third-order valence-corrected chi connectivity index (χ3v) is 7.26. The van der Waals surface area contributed by atoms with Crippen LogP contribution in [0.1, 0.15) is 21.6 Å². The predicted octanol–water partition coefficient (Wildman–Crippen LogP) is 4.35. The lowest BCUT2D eigenvalue weighted by atomic mass is 10.1. The Kier molecular flexibility index (Phi) is 9.07. The molecule has 1 aliphatic heterocycles. The van der Waals surface area contributed by atoms with Crippen molar-refractivity contribution in [3.8, 4) is 0 Å². The molecule has 3 aromatic rings. The molecule has 1 fully saturated rings. The van der Waals surface area contributed by atoms with E-state index in [0.29, 0.717) is 17.9 Å². The molecule has 9 heteroatoms. The van der Waals surface area contributed by atoms with Gasteiger partial charge in [-0.05, 0) is 50.8 Å². The summed E-state index contributed by atoms with van der Waals surface area (Å²) in [4.78, 5) is 28.6. The highest BCUT2D eigenvalue weighted by atomic mass is 35.5. The largest absolute Gasteiger partial charge is 0.367 e. The van der Waals surface area contributed by atoms with Gasteiger partial charge in [0, 0.05) is 62.3 Å². The smallest absolute Gasteiger partial charge is 0.251 e. The van der Waals surface area contributed by atoms with E-state index in [2.05, 4.69) is 26.2 Å². The quantitative estimate of drug-likeness (QED) is 0.330. The number of rotatable bonds is 9. The number of hydrogen-bond donors (Lipinski definition) is 1. The molecule has 4 rings (SSSR count). The van der Waals surface area contributed by atoms with Crippen molar-refractivity contribution < 1.29 is 4.79 Å². The Hall–Kier alpha value is -2.81. The van der Waals surface area contributed by atoms with Crippen molar-refractivity contribution in [2.24, 2.45) is 0 Å². The molecule has 36 heavy (non-hydrogen) atoms. The molecule has 1 aromatic heterocycles. The fourth-order valence-corrected chi connectivity index (χ4v) is 5.18. The van der Waals surface area contributed by atoms with Crippen LogP contribution in [0.2, 0.25) is 5.02 Å². The third-order valence-electron chi connectivity index (χ3n) is 6.02. The van der Waals surface area contributed by atoms with Crippen LogP contribution < -0.4 is 15.1 Å². The van der Waals surface area contributed by atoms with Crippen molar-refractivity contribution in [2.75, 3.05) is 63.2 Å². The average molecular weight is 525 g/mol. The summed E-state index contributed by atoms with van der Waals surface area (Å²) in [6.45, 7) is 6.96. The number of amides is 1. The van der Waals surface area contributed by atoms with Gasteiger partial charge in [-0.1, -0.05) is 47.6 Å². The molecule has 0 spiro atoms. The maximum Gasteiger partial charge on any atom is 0.251 e. The topological polar surface area (TPSA) is 64.6 Å². The van der Waals surface area contributed by atoms with Gasteiger partial charge in [0.15, 0.2) is 5.16 Å². The van der Waals surface area contributed by atoms with Crippen molar-refractivity contribution in [2.45, 2.75) is 17.8 Å². The Balaban J connectivity index is 1.35. The van der Waals surface area contributed by atoms with Gasteiger partial charge in [0.1, 0.15) is 5.82 Å². The van der Waals surface area contributed by atoms with Gasteiger partial charge in [-0.3, -0.25) is 4.79 Å². The Morgan fingerprint density at radius 2 is 1.78 bits per heavy atom. The maximum absolute atomic E-state index is 12.5. The molecule has 2 heterocycles. The number of likely N-dealkylation sites (N-methyl/N-ethyl adjacent to an activating group) is 1. The molecular weight excluding hydrogens is 492 g/mol. The molecule has 1 amide bonds. The lowest BCUT2D eigenvalue weighted by Crippen LogP contribution is -2.47. The van der Waals surface area contributed by atoms with E-state index in [9.17, 15) is 4.79 Å². The first-order valence-electron chi connectivity index (χ1n) is 12.1. The summed E-state index contributed by atoms with van der Waals surface area (Å²) in [5.41, 5.74) is 3.78. The zero-order chi connectivity index (χ0) is 25.5. The number of thioether (sulfide) groups is 1. The van der Waals surface area contributed by atoms with Crippen LogP contribution >= 0.6 is 23.4 Å². The molecule has 1 saturated heterocycles. The number of carbonyl (C=O) groups is 1. The van der Waals surface area contributed by atoms with Gasteiger partial charge in [-0.2, -0.15) is 0 Å². The number of anilines is 2. The summed E-state index contributed by atoms with van der Waals surface area (Å²) >= 11 is 7.99. The summed E-state index contributed by atoms with van der Waals surface area (Å²) < 4.78 is 0. The van der Waals surface area contributed by atoms with Gasteiger partial charge in [0.25, 0.3) is 5.91 Å². The van der Waals surface area contributed by atoms with Gasteiger partial charge in [0.2, 0.25) is 0 Å². The van der Waals surface area contributed by atoms with Crippen molar-refractivity contribution >= 4 is 40.8 Å². The van der Waals surface area contributed by atoms with E-state index >= 15 is 0 Å². The first kappa shape index (κ1) is 26.3. The second kappa shape index (κ2) is 12.4. The standard InChI is InChI=1S/C27H33ClN6OS/c1-20-17-25(34-15-13-33(14-16-34)24-10-5-4-9-23(24)28)31-27(30-20)36-19-21-7-6-8-22(18-21)26(35)29-11-12-32(2)3/h4-10,17-18H,11-16,19H2,1-3H3,(H,29,35). The van der Waals surface area contributed by atoms with Gasteiger partial charge < -0.3 is 20.0 Å². The molecule has 0 bridgehead atoms. The number of aromatic nitrogens is 2. The fourth-order valence-electron chi connectivity index (χ4n) is 4.08. The van der Waals surface area contributed by atoms with Gasteiger partial charge >= 0.3 is 0 Å². The Morgan fingerprint density at radius 3 is 2.53 bits per heavy atom.